The molecule has 0 radical (unpaired) electrons. The fraction of sp³-hybridized carbons (Fsp3) is 0.250. The van der Waals surface area contributed by atoms with Crippen molar-refractivity contribution in [2.75, 3.05) is 0 Å². The Balaban J connectivity index is 1.91. The fourth-order valence-electron chi connectivity index (χ4n) is 2.90. The number of nitrogens with zero attached hydrogens (tertiary/aromatic N) is 2. The van der Waals surface area contributed by atoms with Crippen LogP contribution < -0.4 is 0 Å². The van der Waals surface area contributed by atoms with Gasteiger partial charge in [0.2, 0.25) is 0 Å². The number of hydrogen-bond acceptors (Lipinski definition) is 2. The van der Waals surface area contributed by atoms with Crippen LogP contribution in [0.2, 0.25) is 0 Å². The van der Waals surface area contributed by atoms with Gasteiger partial charge in [0.05, 0.1) is 17.2 Å². The summed E-state index contributed by atoms with van der Waals surface area (Å²) in [4.78, 5) is 12.7. The molecule has 1 aliphatic carbocycles. The monoisotopic (exact) mass is 249 g/mol. The maximum atomic E-state index is 4.78. The van der Waals surface area contributed by atoms with Gasteiger partial charge in [0, 0.05) is 11.3 Å². The van der Waals surface area contributed by atoms with Crippen LogP contribution in [0, 0.1) is 0 Å². The van der Waals surface area contributed by atoms with E-state index in [0.29, 0.717) is 0 Å². The second-order valence-corrected chi connectivity index (χ2v) is 5.11. The summed E-state index contributed by atoms with van der Waals surface area (Å²) >= 11 is 0. The molecular weight excluding hydrogens is 234 g/mol. The van der Waals surface area contributed by atoms with Crippen LogP contribution in [0.3, 0.4) is 0 Å². The van der Waals surface area contributed by atoms with E-state index in [2.05, 4.69) is 22.1 Å². The van der Waals surface area contributed by atoms with Crippen molar-refractivity contribution >= 4 is 11.0 Å². The van der Waals surface area contributed by atoms with Gasteiger partial charge in [-0.2, -0.15) is 0 Å². The zero-order chi connectivity index (χ0) is 12.7. The molecule has 0 saturated heterocycles. The van der Waals surface area contributed by atoms with Gasteiger partial charge in [-0.1, -0.05) is 30.3 Å². The predicted molar refractivity (Wildman–Crippen MR) is 76.0 cm³/mol. The molecule has 19 heavy (non-hydrogen) atoms. The first kappa shape index (κ1) is 10.7. The zero-order valence-corrected chi connectivity index (χ0v) is 10.7. The molecule has 0 amide bonds. The topological polar surface area (TPSA) is 41.6 Å². The van der Waals surface area contributed by atoms with Crippen molar-refractivity contribution in [2.24, 2.45) is 0 Å². The van der Waals surface area contributed by atoms with Crippen LogP contribution in [0.4, 0.5) is 0 Å². The van der Waals surface area contributed by atoms with E-state index in [0.717, 1.165) is 35.3 Å². The Morgan fingerprint density at radius 1 is 1.00 bits per heavy atom. The number of rotatable bonds is 1. The summed E-state index contributed by atoms with van der Waals surface area (Å²) in [5, 5.41) is 0. The minimum Gasteiger partial charge on any atom is -0.356 e. The quantitative estimate of drug-likeness (QED) is 0.717. The molecule has 0 atom stereocenters. The Hall–Kier alpha value is -2.16. The van der Waals surface area contributed by atoms with Gasteiger partial charge in [0.25, 0.3) is 0 Å². The molecule has 0 saturated carbocycles. The second kappa shape index (κ2) is 4.19. The number of H-pyrrole nitrogens is 1. The number of nitrogens with one attached hydrogen (secondary N) is 1. The number of aryl methyl sites for hydroxylation is 2. The van der Waals surface area contributed by atoms with E-state index in [1.165, 1.54) is 24.1 Å². The standard InChI is InChI=1S/C16H15N3/c1-2-6-11(7-3-1)16-17-10-14-15(19-16)12-8-4-5-9-13(12)18-14/h1-3,6-7,10,18H,4-5,8-9H2. The molecule has 0 aliphatic heterocycles. The molecule has 2 aromatic heterocycles. The summed E-state index contributed by atoms with van der Waals surface area (Å²) in [5.41, 5.74) is 6.03. The summed E-state index contributed by atoms with van der Waals surface area (Å²) < 4.78 is 0. The number of fused-ring (bicyclic) bond motifs is 3. The third-order valence-corrected chi connectivity index (χ3v) is 3.86. The Bertz CT molecular complexity index is 728. The molecule has 4 rings (SSSR count). The smallest absolute Gasteiger partial charge is 0.159 e. The van der Waals surface area contributed by atoms with Crippen LogP contribution in [-0.4, -0.2) is 15.0 Å². The molecule has 1 N–H and O–H groups in total. The predicted octanol–water partition coefficient (Wildman–Crippen LogP) is 3.50. The van der Waals surface area contributed by atoms with E-state index in [-0.39, 0.29) is 0 Å². The molecule has 3 nitrogen and oxygen atoms in total. The van der Waals surface area contributed by atoms with Crippen molar-refractivity contribution < 1.29 is 0 Å². The lowest BCUT2D eigenvalue weighted by molar-refractivity contribution is 0.679. The van der Waals surface area contributed by atoms with Crippen LogP contribution >= 0.6 is 0 Å². The van der Waals surface area contributed by atoms with Gasteiger partial charge in [-0.25, -0.2) is 9.97 Å². The van der Waals surface area contributed by atoms with Crippen LogP contribution in [0.25, 0.3) is 22.4 Å². The lowest BCUT2D eigenvalue weighted by Crippen LogP contribution is -2.00. The number of benzene rings is 1. The van der Waals surface area contributed by atoms with E-state index < -0.39 is 0 Å². The summed E-state index contributed by atoms with van der Waals surface area (Å²) in [7, 11) is 0. The van der Waals surface area contributed by atoms with Gasteiger partial charge < -0.3 is 4.98 Å². The summed E-state index contributed by atoms with van der Waals surface area (Å²) in [5.74, 6) is 0.820. The lowest BCUT2D eigenvalue weighted by Gasteiger charge is -2.09. The maximum absolute atomic E-state index is 4.78. The highest BCUT2D eigenvalue weighted by molar-refractivity contribution is 5.81. The van der Waals surface area contributed by atoms with Gasteiger partial charge in [-0.05, 0) is 31.2 Å². The maximum Gasteiger partial charge on any atom is 0.159 e. The highest BCUT2D eigenvalue weighted by Gasteiger charge is 2.17. The van der Waals surface area contributed by atoms with Gasteiger partial charge in [-0.15, -0.1) is 0 Å². The van der Waals surface area contributed by atoms with Gasteiger partial charge >= 0.3 is 0 Å². The Morgan fingerprint density at radius 3 is 2.74 bits per heavy atom. The Kier molecular flexibility index (Phi) is 2.37. The van der Waals surface area contributed by atoms with Crippen LogP contribution in [0.15, 0.2) is 36.5 Å². The van der Waals surface area contributed by atoms with Crippen molar-refractivity contribution in [2.45, 2.75) is 25.7 Å². The van der Waals surface area contributed by atoms with Crippen molar-refractivity contribution in [1.82, 2.24) is 15.0 Å². The third-order valence-electron chi connectivity index (χ3n) is 3.86. The van der Waals surface area contributed by atoms with Crippen molar-refractivity contribution in [3.63, 3.8) is 0 Å². The van der Waals surface area contributed by atoms with E-state index in [4.69, 9.17) is 4.98 Å². The second-order valence-electron chi connectivity index (χ2n) is 5.11. The molecule has 0 fully saturated rings. The highest BCUT2D eigenvalue weighted by atomic mass is 14.9. The molecule has 0 unspecified atom stereocenters. The molecule has 2 heterocycles. The average Bonchev–Trinajstić information content (AvgIpc) is 2.86. The number of aromatic amines is 1. The van der Waals surface area contributed by atoms with E-state index >= 15 is 0 Å². The summed E-state index contributed by atoms with van der Waals surface area (Å²) in [6, 6.07) is 10.2. The molecule has 3 heteroatoms. The van der Waals surface area contributed by atoms with Crippen molar-refractivity contribution in [1.29, 1.82) is 0 Å². The van der Waals surface area contributed by atoms with E-state index in [9.17, 15) is 0 Å². The van der Waals surface area contributed by atoms with Gasteiger partial charge in [0.15, 0.2) is 5.82 Å². The first-order chi connectivity index (χ1) is 9.42. The molecule has 0 bridgehead atoms. The van der Waals surface area contributed by atoms with Gasteiger partial charge in [0.1, 0.15) is 0 Å². The molecular formula is C16H15N3. The van der Waals surface area contributed by atoms with E-state index in [1.54, 1.807) is 0 Å². The largest absolute Gasteiger partial charge is 0.356 e. The third kappa shape index (κ3) is 1.73. The minimum absolute atomic E-state index is 0.820. The van der Waals surface area contributed by atoms with Gasteiger partial charge in [-0.3, -0.25) is 0 Å². The number of hydrogen-bond donors (Lipinski definition) is 1. The normalized spacial score (nSPS) is 14.5. The summed E-state index contributed by atoms with van der Waals surface area (Å²) in [6.45, 7) is 0. The number of aromatic nitrogens is 3. The van der Waals surface area contributed by atoms with E-state index in [1.807, 2.05) is 24.4 Å². The van der Waals surface area contributed by atoms with Crippen LogP contribution in [0.5, 0.6) is 0 Å². The molecule has 94 valence electrons. The van der Waals surface area contributed by atoms with Crippen molar-refractivity contribution in [3.05, 3.63) is 47.8 Å². The molecule has 1 aliphatic rings. The minimum atomic E-state index is 0.820. The lowest BCUT2D eigenvalue weighted by atomic mass is 9.97. The zero-order valence-electron chi connectivity index (χ0n) is 10.7. The SMILES string of the molecule is c1ccc(-c2ncc3[nH]c4c(c3n2)CCCC4)cc1. The van der Waals surface area contributed by atoms with Crippen LogP contribution in [-0.2, 0) is 12.8 Å². The Labute approximate surface area is 111 Å². The summed E-state index contributed by atoms with van der Waals surface area (Å²) in [6.07, 6.45) is 6.75. The first-order valence-corrected chi connectivity index (χ1v) is 6.84. The first-order valence-electron chi connectivity index (χ1n) is 6.84. The highest BCUT2D eigenvalue weighted by Crippen LogP contribution is 2.28. The van der Waals surface area contributed by atoms with Crippen LogP contribution in [0.1, 0.15) is 24.1 Å². The molecule has 3 aromatic rings. The Morgan fingerprint density at radius 2 is 1.84 bits per heavy atom. The van der Waals surface area contributed by atoms with Crippen molar-refractivity contribution in [3.8, 4) is 11.4 Å². The average molecular weight is 249 g/mol. The molecule has 1 aromatic carbocycles. The molecule has 0 spiro atoms. The fourth-order valence-corrected chi connectivity index (χ4v) is 2.90.